The van der Waals surface area contributed by atoms with Crippen LogP contribution >= 0.6 is 12.2 Å². The second-order valence-electron chi connectivity index (χ2n) is 4.20. The minimum atomic E-state index is -0.929. The van der Waals surface area contributed by atoms with Gasteiger partial charge in [-0.05, 0) is 25.0 Å². The van der Waals surface area contributed by atoms with Crippen LogP contribution in [0.4, 0.5) is 8.78 Å². The smallest absolute Gasteiger partial charge is 0.258 e. The maximum Gasteiger partial charge on any atom is 0.258 e. The third-order valence-corrected chi connectivity index (χ3v) is 3.61. The predicted molar refractivity (Wildman–Crippen MR) is 73.9 cm³/mol. The minimum absolute atomic E-state index is 0.0996. The van der Waals surface area contributed by atoms with Crippen molar-refractivity contribution in [3.05, 3.63) is 35.4 Å². The van der Waals surface area contributed by atoms with Crippen LogP contribution in [-0.2, 0) is 0 Å². The van der Waals surface area contributed by atoms with Gasteiger partial charge in [0.1, 0.15) is 17.2 Å². The lowest BCUT2D eigenvalue weighted by Crippen LogP contribution is -2.56. The van der Waals surface area contributed by atoms with E-state index in [1.165, 1.54) is 6.07 Å². The lowest BCUT2D eigenvalue weighted by molar-refractivity contribution is 0.0911. The average Bonchev–Trinajstić information content (AvgIpc) is 2.35. The first-order valence-corrected chi connectivity index (χ1v) is 6.35. The first-order chi connectivity index (χ1) is 8.88. The molecule has 0 fully saturated rings. The molecule has 0 atom stereocenters. The van der Waals surface area contributed by atoms with Crippen LogP contribution in [0.25, 0.3) is 0 Å². The molecule has 0 aliphatic heterocycles. The van der Waals surface area contributed by atoms with Gasteiger partial charge >= 0.3 is 0 Å². The first kappa shape index (κ1) is 15.5. The van der Waals surface area contributed by atoms with Crippen molar-refractivity contribution in [2.45, 2.75) is 32.2 Å². The van der Waals surface area contributed by atoms with Gasteiger partial charge in [0.05, 0.1) is 10.5 Å². The van der Waals surface area contributed by atoms with Crippen molar-refractivity contribution in [1.82, 2.24) is 5.32 Å². The van der Waals surface area contributed by atoms with Gasteiger partial charge in [-0.2, -0.15) is 0 Å². The van der Waals surface area contributed by atoms with E-state index in [0.717, 1.165) is 12.1 Å². The van der Waals surface area contributed by atoms with E-state index in [1.807, 2.05) is 0 Å². The molecule has 0 bridgehead atoms. The molecular formula is C13H16F2N2OS. The minimum Gasteiger partial charge on any atom is -0.391 e. The van der Waals surface area contributed by atoms with Gasteiger partial charge in [-0.1, -0.05) is 32.1 Å². The van der Waals surface area contributed by atoms with Crippen LogP contribution in [-0.4, -0.2) is 16.4 Å². The molecule has 0 aliphatic rings. The highest BCUT2D eigenvalue weighted by atomic mass is 32.1. The average molecular weight is 286 g/mol. The number of nitrogens with one attached hydrogen (secondary N) is 1. The van der Waals surface area contributed by atoms with Crippen LogP contribution in [0.5, 0.6) is 0 Å². The molecule has 1 aromatic carbocycles. The van der Waals surface area contributed by atoms with Gasteiger partial charge in [0.2, 0.25) is 0 Å². The molecule has 0 spiro atoms. The van der Waals surface area contributed by atoms with Crippen molar-refractivity contribution in [2.24, 2.45) is 5.73 Å². The van der Waals surface area contributed by atoms with Gasteiger partial charge in [0.15, 0.2) is 0 Å². The summed E-state index contributed by atoms with van der Waals surface area (Å²) in [6.45, 7) is 3.58. The number of carbonyl (C=O) groups is 1. The van der Waals surface area contributed by atoms with Gasteiger partial charge in [0, 0.05) is 0 Å². The summed E-state index contributed by atoms with van der Waals surface area (Å²) in [6.07, 6.45) is 0.890. The van der Waals surface area contributed by atoms with E-state index in [-0.39, 0.29) is 4.99 Å². The number of hydrogen-bond acceptors (Lipinski definition) is 2. The first-order valence-electron chi connectivity index (χ1n) is 5.94. The Balaban J connectivity index is 3.11. The number of nitrogens with two attached hydrogens (primary N) is 1. The highest BCUT2D eigenvalue weighted by molar-refractivity contribution is 7.80. The normalized spacial score (nSPS) is 11.2. The van der Waals surface area contributed by atoms with E-state index in [9.17, 15) is 13.6 Å². The molecule has 1 aromatic rings. The molecule has 104 valence electrons. The fourth-order valence-electron chi connectivity index (χ4n) is 1.83. The molecule has 19 heavy (non-hydrogen) atoms. The lowest BCUT2D eigenvalue weighted by atomic mass is 9.92. The van der Waals surface area contributed by atoms with Gasteiger partial charge in [-0.3, -0.25) is 4.79 Å². The van der Waals surface area contributed by atoms with E-state index >= 15 is 0 Å². The van der Waals surface area contributed by atoms with Crippen LogP contribution in [0.2, 0.25) is 0 Å². The Hall–Kier alpha value is -1.56. The molecule has 0 aliphatic carbocycles. The van der Waals surface area contributed by atoms with Crippen LogP contribution in [0.3, 0.4) is 0 Å². The van der Waals surface area contributed by atoms with E-state index in [0.29, 0.717) is 12.8 Å². The van der Waals surface area contributed by atoms with Crippen LogP contribution in [0, 0.1) is 11.6 Å². The SMILES string of the molecule is CCC(CC)(NC(=O)c1c(F)cccc1F)C(N)=S. The highest BCUT2D eigenvalue weighted by Crippen LogP contribution is 2.19. The summed E-state index contributed by atoms with van der Waals surface area (Å²) in [5.41, 5.74) is 4.07. The van der Waals surface area contributed by atoms with E-state index in [2.05, 4.69) is 5.32 Å². The van der Waals surface area contributed by atoms with E-state index in [4.69, 9.17) is 18.0 Å². The summed E-state index contributed by atoms with van der Waals surface area (Å²) >= 11 is 4.94. The van der Waals surface area contributed by atoms with Gasteiger partial charge in [-0.25, -0.2) is 8.78 Å². The number of hydrogen-bond donors (Lipinski definition) is 2. The number of carbonyl (C=O) groups excluding carboxylic acids is 1. The number of rotatable bonds is 5. The number of thiocarbonyl (C=S) groups is 1. The van der Waals surface area contributed by atoms with Crippen molar-refractivity contribution in [1.29, 1.82) is 0 Å². The van der Waals surface area contributed by atoms with Crippen molar-refractivity contribution in [2.75, 3.05) is 0 Å². The largest absolute Gasteiger partial charge is 0.391 e. The second-order valence-corrected chi connectivity index (χ2v) is 4.64. The zero-order chi connectivity index (χ0) is 14.6. The third kappa shape index (κ3) is 3.07. The second kappa shape index (κ2) is 6.06. The molecule has 1 rings (SSSR count). The summed E-state index contributed by atoms with van der Waals surface area (Å²) in [4.78, 5) is 12.1. The lowest BCUT2D eigenvalue weighted by Gasteiger charge is -2.31. The predicted octanol–water partition coefficient (Wildman–Crippen LogP) is 2.54. The van der Waals surface area contributed by atoms with Gasteiger partial charge < -0.3 is 11.1 Å². The highest BCUT2D eigenvalue weighted by Gasteiger charge is 2.33. The molecule has 3 N–H and O–H groups in total. The van der Waals surface area contributed by atoms with Crippen molar-refractivity contribution < 1.29 is 13.6 Å². The Morgan fingerprint density at radius 3 is 2.16 bits per heavy atom. The van der Waals surface area contributed by atoms with Crippen molar-refractivity contribution in [3.63, 3.8) is 0 Å². The molecule has 1 amide bonds. The molecule has 0 aromatic heterocycles. The maximum absolute atomic E-state index is 13.5. The van der Waals surface area contributed by atoms with Gasteiger partial charge in [0.25, 0.3) is 5.91 Å². The number of halogens is 2. The van der Waals surface area contributed by atoms with Crippen molar-refractivity contribution >= 4 is 23.1 Å². The van der Waals surface area contributed by atoms with E-state index in [1.54, 1.807) is 13.8 Å². The zero-order valence-corrected chi connectivity index (χ0v) is 11.6. The standard InChI is InChI=1S/C13H16F2N2OS/c1-3-13(4-2,12(16)19)17-11(18)10-8(14)6-5-7-9(10)15/h5-7H,3-4H2,1-2H3,(H2,16,19)(H,17,18). The Morgan fingerprint density at radius 1 is 1.32 bits per heavy atom. The quantitative estimate of drug-likeness (QED) is 0.818. The maximum atomic E-state index is 13.5. The zero-order valence-electron chi connectivity index (χ0n) is 10.8. The summed E-state index contributed by atoms with van der Waals surface area (Å²) in [6, 6.07) is 3.25. The monoisotopic (exact) mass is 286 g/mol. The van der Waals surface area contributed by atoms with E-state index < -0.39 is 28.6 Å². The summed E-state index contributed by atoms with van der Waals surface area (Å²) in [5.74, 6) is -2.69. The topological polar surface area (TPSA) is 55.1 Å². The molecular weight excluding hydrogens is 270 g/mol. The summed E-state index contributed by atoms with van der Waals surface area (Å²) in [7, 11) is 0. The fourth-order valence-corrected chi connectivity index (χ4v) is 2.17. The van der Waals surface area contributed by atoms with Crippen LogP contribution < -0.4 is 11.1 Å². The molecule has 6 heteroatoms. The molecule has 0 radical (unpaired) electrons. The molecule has 0 saturated heterocycles. The number of amides is 1. The van der Waals surface area contributed by atoms with Crippen molar-refractivity contribution in [3.8, 4) is 0 Å². The Kier molecular flexibility index (Phi) is 4.94. The molecule has 0 saturated carbocycles. The molecule has 0 heterocycles. The Labute approximate surface area is 116 Å². The molecule has 0 unspecified atom stereocenters. The Bertz CT molecular complexity index is 481. The fraction of sp³-hybridized carbons (Fsp3) is 0.385. The molecule has 3 nitrogen and oxygen atoms in total. The summed E-state index contributed by atoms with van der Waals surface area (Å²) < 4.78 is 27.0. The third-order valence-electron chi connectivity index (χ3n) is 3.22. The van der Waals surface area contributed by atoms with Gasteiger partial charge in [-0.15, -0.1) is 0 Å². The summed E-state index contributed by atoms with van der Waals surface area (Å²) in [5, 5.41) is 2.54. The van der Waals surface area contributed by atoms with Crippen LogP contribution in [0.1, 0.15) is 37.0 Å². The Morgan fingerprint density at radius 2 is 1.79 bits per heavy atom. The van der Waals surface area contributed by atoms with Crippen LogP contribution in [0.15, 0.2) is 18.2 Å². The number of benzene rings is 1.